The van der Waals surface area contributed by atoms with Crippen LogP contribution in [0.4, 0.5) is 5.69 Å². The summed E-state index contributed by atoms with van der Waals surface area (Å²) >= 11 is 0. The molecule has 6 heteroatoms. The number of imide groups is 1. The van der Waals surface area contributed by atoms with Crippen LogP contribution < -0.4 is 4.90 Å². The van der Waals surface area contributed by atoms with Crippen molar-refractivity contribution < 1.29 is 14.7 Å². The number of nitrogens with zero attached hydrogens (tertiary/aromatic N) is 3. The molecular weight excluding hydrogens is 402 g/mol. The molecule has 0 bridgehead atoms. The van der Waals surface area contributed by atoms with E-state index in [1.54, 1.807) is 0 Å². The SMILES string of the molecule is Cc1ccc(C)c(N2C(=O)C(c3ccc(C)c(C)c3)=C(N3CCN(CCO)CC3)C2=O)c1. The van der Waals surface area contributed by atoms with Crippen molar-refractivity contribution in [1.29, 1.82) is 0 Å². The number of benzene rings is 2. The molecule has 0 atom stereocenters. The number of aliphatic hydroxyl groups excluding tert-OH is 1. The zero-order valence-electron chi connectivity index (χ0n) is 19.3. The number of hydrogen-bond donors (Lipinski definition) is 1. The van der Waals surface area contributed by atoms with Crippen molar-refractivity contribution in [3.63, 3.8) is 0 Å². The molecule has 1 fully saturated rings. The van der Waals surface area contributed by atoms with Gasteiger partial charge in [-0.2, -0.15) is 0 Å². The molecule has 2 aromatic carbocycles. The first-order valence-corrected chi connectivity index (χ1v) is 11.2. The first-order valence-electron chi connectivity index (χ1n) is 11.2. The smallest absolute Gasteiger partial charge is 0.282 e. The predicted octanol–water partition coefficient (Wildman–Crippen LogP) is 2.81. The van der Waals surface area contributed by atoms with Crippen molar-refractivity contribution in [2.75, 3.05) is 44.2 Å². The van der Waals surface area contributed by atoms with Crippen molar-refractivity contribution in [3.05, 3.63) is 69.9 Å². The van der Waals surface area contributed by atoms with Crippen LogP contribution in [-0.4, -0.2) is 66.1 Å². The third kappa shape index (κ3) is 3.96. The Balaban J connectivity index is 1.79. The summed E-state index contributed by atoms with van der Waals surface area (Å²) in [6.07, 6.45) is 0. The van der Waals surface area contributed by atoms with Crippen LogP contribution in [0.15, 0.2) is 42.1 Å². The zero-order chi connectivity index (χ0) is 23.0. The second-order valence-electron chi connectivity index (χ2n) is 8.81. The maximum Gasteiger partial charge on any atom is 0.282 e. The van der Waals surface area contributed by atoms with Crippen molar-refractivity contribution in [1.82, 2.24) is 9.80 Å². The number of rotatable bonds is 5. The number of β-amino-alcohol motifs (C(OH)–C–C–N with tert-alkyl or cyclic N) is 1. The summed E-state index contributed by atoms with van der Waals surface area (Å²) in [5.41, 5.74) is 6.54. The molecular formula is C26H31N3O3. The first kappa shape index (κ1) is 22.2. The Morgan fingerprint density at radius 1 is 0.812 bits per heavy atom. The van der Waals surface area contributed by atoms with Crippen LogP contribution >= 0.6 is 0 Å². The fraction of sp³-hybridized carbons (Fsp3) is 0.385. The molecule has 32 heavy (non-hydrogen) atoms. The van der Waals surface area contributed by atoms with Crippen LogP contribution in [0.25, 0.3) is 5.57 Å². The summed E-state index contributed by atoms with van der Waals surface area (Å²) in [7, 11) is 0. The second-order valence-corrected chi connectivity index (χ2v) is 8.81. The Hall–Kier alpha value is -2.96. The third-order valence-corrected chi connectivity index (χ3v) is 6.57. The zero-order valence-corrected chi connectivity index (χ0v) is 19.3. The molecule has 0 saturated carbocycles. The van der Waals surface area contributed by atoms with E-state index in [2.05, 4.69) is 4.90 Å². The molecule has 0 radical (unpaired) electrons. The molecule has 2 aliphatic rings. The van der Waals surface area contributed by atoms with Gasteiger partial charge in [0.25, 0.3) is 11.8 Å². The van der Waals surface area contributed by atoms with Crippen LogP contribution in [0.2, 0.25) is 0 Å². The van der Waals surface area contributed by atoms with Gasteiger partial charge in [-0.15, -0.1) is 0 Å². The van der Waals surface area contributed by atoms with Gasteiger partial charge in [0.05, 0.1) is 17.9 Å². The van der Waals surface area contributed by atoms with Gasteiger partial charge in [0.1, 0.15) is 5.70 Å². The van der Waals surface area contributed by atoms with Gasteiger partial charge in [-0.25, -0.2) is 4.90 Å². The fourth-order valence-corrected chi connectivity index (χ4v) is 4.48. The number of anilines is 1. The van der Waals surface area contributed by atoms with Gasteiger partial charge in [-0.3, -0.25) is 14.5 Å². The van der Waals surface area contributed by atoms with Crippen molar-refractivity contribution in [3.8, 4) is 0 Å². The number of carbonyl (C=O) groups excluding carboxylic acids is 2. The van der Waals surface area contributed by atoms with Crippen molar-refractivity contribution in [2.24, 2.45) is 0 Å². The third-order valence-electron chi connectivity index (χ3n) is 6.57. The number of aliphatic hydroxyl groups is 1. The van der Waals surface area contributed by atoms with Crippen LogP contribution in [0.3, 0.4) is 0 Å². The van der Waals surface area contributed by atoms with E-state index in [0.717, 1.165) is 40.9 Å². The monoisotopic (exact) mass is 433 g/mol. The summed E-state index contributed by atoms with van der Waals surface area (Å²) in [5, 5.41) is 9.25. The molecule has 0 unspecified atom stereocenters. The summed E-state index contributed by atoms with van der Waals surface area (Å²) in [4.78, 5) is 33.1. The average Bonchev–Trinajstić information content (AvgIpc) is 3.03. The van der Waals surface area contributed by atoms with E-state index in [-0.39, 0.29) is 18.4 Å². The minimum Gasteiger partial charge on any atom is -0.395 e. The lowest BCUT2D eigenvalue weighted by atomic mass is 9.99. The van der Waals surface area contributed by atoms with Gasteiger partial charge in [-0.05, 0) is 61.6 Å². The molecule has 2 heterocycles. The minimum atomic E-state index is -0.264. The average molecular weight is 434 g/mol. The summed E-state index contributed by atoms with van der Waals surface area (Å²) < 4.78 is 0. The highest BCUT2D eigenvalue weighted by Gasteiger charge is 2.43. The topological polar surface area (TPSA) is 64.1 Å². The Kier molecular flexibility index (Phi) is 6.17. The molecule has 2 amide bonds. The Labute approximate surface area is 189 Å². The van der Waals surface area contributed by atoms with Gasteiger partial charge >= 0.3 is 0 Å². The molecule has 0 aliphatic carbocycles. The molecule has 2 aliphatic heterocycles. The quantitative estimate of drug-likeness (QED) is 0.735. The molecule has 4 rings (SSSR count). The molecule has 1 N–H and O–H groups in total. The van der Waals surface area contributed by atoms with Gasteiger partial charge in [0, 0.05) is 32.7 Å². The Morgan fingerprint density at radius 2 is 1.50 bits per heavy atom. The predicted molar refractivity (Wildman–Crippen MR) is 126 cm³/mol. The molecule has 2 aromatic rings. The van der Waals surface area contributed by atoms with E-state index in [9.17, 15) is 14.7 Å². The molecule has 0 aromatic heterocycles. The maximum absolute atomic E-state index is 13.8. The van der Waals surface area contributed by atoms with Crippen LogP contribution in [-0.2, 0) is 9.59 Å². The molecule has 168 valence electrons. The molecule has 0 spiro atoms. The van der Waals surface area contributed by atoms with Gasteiger partial charge in [0.15, 0.2) is 0 Å². The Morgan fingerprint density at radius 3 is 2.16 bits per heavy atom. The number of aryl methyl sites for hydroxylation is 4. The van der Waals surface area contributed by atoms with Crippen LogP contribution in [0, 0.1) is 27.7 Å². The summed E-state index contributed by atoms with van der Waals surface area (Å²) in [6.45, 7) is 11.5. The van der Waals surface area contributed by atoms with E-state index < -0.39 is 0 Å². The molecule has 1 saturated heterocycles. The summed E-state index contributed by atoms with van der Waals surface area (Å²) in [5.74, 6) is -0.521. The second kappa shape index (κ2) is 8.88. The standard InChI is InChI=1S/C26H31N3O3/c1-17-5-6-19(3)22(15-17)29-25(31)23(21-8-7-18(2)20(4)16-21)24(26(29)32)28-11-9-27(10-12-28)13-14-30/h5-8,15-16,30H,9-14H2,1-4H3. The highest BCUT2D eigenvalue weighted by Crippen LogP contribution is 2.37. The normalized spacial score (nSPS) is 17.7. The Bertz CT molecular complexity index is 1100. The lowest BCUT2D eigenvalue weighted by Crippen LogP contribution is -2.48. The van der Waals surface area contributed by atoms with Crippen molar-refractivity contribution in [2.45, 2.75) is 27.7 Å². The van der Waals surface area contributed by atoms with Crippen LogP contribution in [0.1, 0.15) is 27.8 Å². The summed E-state index contributed by atoms with van der Waals surface area (Å²) in [6, 6.07) is 11.8. The highest BCUT2D eigenvalue weighted by atomic mass is 16.3. The van der Waals surface area contributed by atoms with E-state index >= 15 is 0 Å². The highest BCUT2D eigenvalue weighted by molar-refractivity contribution is 6.45. The lowest BCUT2D eigenvalue weighted by Gasteiger charge is -2.36. The van der Waals surface area contributed by atoms with E-state index in [4.69, 9.17) is 0 Å². The van der Waals surface area contributed by atoms with Crippen molar-refractivity contribution >= 4 is 23.1 Å². The largest absolute Gasteiger partial charge is 0.395 e. The molecule has 6 nitrogen and oxygen atoms in total. The van der Waals surface area contributed by atoms with E-state index in [1.165, 1.54) is 4.90 Å². The maximum atomic E-state index is 13.8. The number of piperazine rings is 1. The number of carbonyl (C=O) groups is 2. The van der Waals surface area contributed by atoms with Gasteiger partial charge in [-0.1, -0.05) is 30.3 Å². The van der Waals surface area contributed by atoms with Gasteiger partial charge < -0.3 is 10.0 Å². The van der Waals surface area contributed by atoms with Crippen LogP contribution in [0.5, 0.6) is 0 Å². The van der Waals surface area contributed by atoms with Gasteiger partial charge in [0.2, 0.25) is 0 Å². The minimum absolute atomic E-state index is 0.119. The fourth-order valence-electron chi connectivity index (χ4n) is 4.48. The van der Waals surface area contributed by atoms with E-state index in [1.807, 2.05) is 69.0 Å². The first-order chi connectivity index (χ1) is 15.3. The number of amides is 2. The number of hydrogen-bond acceptors (Lipinski definition) is 5. The lowest BCUT2D eigenvalue weighted by molar-refractivity contribution is -0.120. The van der Waals surface area contributed by atoms with E-state index in [0.29, 0.717) is 36.6 Å².